The molecule has 0 heterocycles. The lowest BCUT2D eigenvalue weighted by Crippen LogP contribution is -2.28. The molecule has 0 amide bonds. The van der Waals surface area contributed by atoms with Crippen molar-refractivity contribution < 1.29 is 17.7 Å². The molecule has 0 rings (SSSR count). The molecule has 0 saturated heterocycles. The number of hydrogen-bond donors (Lipinski definition) is 2. The first-order valence-corrected chi connectivity index (χ1v) is 4.74. The van der Waals surface area contributed by atoms with E-state index in [0.717, 1.165) is 0 Å². The topological polar surface area (TPSA) is 75.6 Å². The molecule has 0 bridgehead atoms. The minimum absolute atomic E-state index is 0.0471. The maximum absolute atomic E-state index is 10.1. The third kappa shape index (κ3) is 7.50. The largest absolute Gasteiger partial charge is 0.474 e. The maximum atomic E-state index is 10.1. The third-order valence-electron chi connectivity index (χ3n) is 0.815. The Morgan fingerprint density at radius 2 is 2.27 bits per heavy atom. The summed E-state index contributed by atoms with van der Waals surface area (Å²) in [6, 6.07) is 0. The van der Waals surface area contributed by atoms with Crippen molar-refractivity contribution in [3.8, 4) is 0 Å². The molecule has 66 valence electrons. The molecule has 0 radical (unpaired) electrons. The molecule has 0 aliphatic carbocycles. The Kier molecular flexibility index (Phi) is 4.31. The summed E-state index contributed by atoms with van der Waals surface area (Å²) < 4.78 is 33.0. The lowest BCUT2D eigenvalue weighted by atomic mass is 10.7. The maximum Gasteiger partial charge on any atom is 0.266 e. The van der Waals surface area contributed by atoms with Gasteiger partial charge in [-0.15, -0.1) is 0 Å². The smallest absolute Gasteiger partial charge is 0.266 e. The Hall–Kier alpha value is -0.400. The number of hydrogen-bond acceptors (Lipinski definition) is 4. The van der Waals surface area contributed by atoms with Gasteiger partial charge >= 0.3 is 0 Å². The van der Waals surface area contributed by atoms with Crippen molar-refractivity contribution in [2.45, 2.75) is 0 Å². The predicted molar refractivity (Wildman–Crippen MR) is 44.0 cm³/mol. The van der Waals surface area contributed by atoms with E-state index in [-0.39, 0.29) is 17.5 Å². The van der Waals surface area contributed by atoms with Crippen molar-refractivity contribution in [3.63, 3.8) is 0 Å². The third-order valence-corrected chi connectivity index (χ3v) is 1.85. The van der Waals surface area contributed by atoms with Crippen molar-refractivity contribution in [1.29, 1.82) is 0 Å². The van der Waals surface area contributed by atoms with Gasteiger partial charge in [0.2, 0.25) is 0 Å². The summed E-state index contributed by atoms with van der Waals surface area (Å²) in [6.07, 6.45) is 0. The van der Waals surface area contributed by atoms with E-state index in [2.05, 4.69) is 22.3 Å². The Morgan fingerprint density at radius 3 is 2.64 bits per heavy atom. The van der Waals surface area contributed by atoms with Crippen LogP contribution < -0.4 is 5.32 Å². The first-order valence-electron chi connectivity index (χ1n) is 2.72. The predicted octanol–water partition coefficient (Wildman–Crippen LogP) is -0.605. The number of ether oxygens (including phenoxy) is 1. The van der Waals surface area contributed by atoms with E-state index in [0.29, 0.717) is 0 Å². The SMILES string of the molecule is COC(=S)NCCS(=O)(=O)O. The number of nitrogens with one attached hydrogen (secondary N) is 1. The summed E-state index contributed by atoms with van der Waals surface area (Å²) in [5.74, 6) is -0.378. The average Bonchev–Trinajstić information content (AvgIpc) is 1.85. The van der Waals surface area contributed by atoms with Gasteiger partial charge < -0.3 is 10.1 Å². The number of thiocarbonyl (C=S) groups is 1. The van der Waals surface area contributed by atoms with Crippen LogP contribution in [-0.2, 0) is 14.9 Å². The molecule has 11 heavy (non-hydrogen) atoms. The van der Waals surface area contributed by atoms with Crippen LogP contribution in [0.4, 0.5) is 0 Å². The molecule has 0 unspecified atom stereocenters. The molecule has 0 spiro atoms. The molecule has 0 aliphatic rings. The van der Waals surface area contributed by atoms with Crippen LogP contribution in [0.15, 0.2) is 0 Å². The van der Waals surface area contributed by atoms with Crippen LogP contribution in [0.3, 0.4) is 0 Å². The summed E-state index contributed by atoms with van der Waals surface area (Å²) in [7, 11) is -2.54. The Morgan fingerprint density at radius 1 is 1.73 bits per heavy atom. The highest BCUT2D eigenvalue weighted by Crippen LogP contribution is 1.79. The summed E-state index contributed by atoms with van der Waals surface area (Å²) in [6.45, 7) is 0.0471. The van der Waals surface area contributed by atoms with Crippen LogP contribution in [0.25, 0.3) is 0 Å². The molecule has 7 heteroatoms. The van der Waals surface area contributed by atoms with Crippen molar-refractivity contribution in [2.24, 2.45) is 0 Å². The molecule has 0 aliphatic heterocycles. The number of rotatable bonds is 3. The average molecular weight is 199 g/mol. The van der Waals surface area contributed by atoms with Crippen LogP contribution >= 0.6 is 12.2 Å². The fraction of sp³-hybridized carbons (Fsp3) is 0.750. The fourth-order valence-electron chi connectivity index (χ4n) is 0.354. The zero-order chi connectivity index (χ0) is 8.91. The summed E-state index contributed by atoms with van der Waals surface area (Å²) in [5.41, 5.74) is 0. The summed E-state index contributed by atoms with van der Waals surface area (Å²) in [5, 5.41) is 2.56. The minimum Gasteiger partial charge on any atom is -0.474 e. The van der Waals surface area contributed by atoms with Crippen molar-refractivity contribution >= 4 is 27.5 Å². The highest BCUT2D eigenvalue weighted by molar-refractivity contribution is 7.85. The van der Waals surface area contributed by atoms with Gasteiger partial charge in [0.05, 0.1) is 12.9 Å². The molecular weight excluding hydrogens is 190 g/mol. The quantitative estimate of drug-likeness (QED) is 0.467. The van der Waals surface area contributed by atoms with E-state index in [1.54, 1.807) is 0 Å². The van der Waals surface area contributed by atoms with E-state index in [4.69, 9.17) is 4.55 Å². The first-order chi connectivity index (χ1) is 4.95. The molecule has 2 N–H and O–H groups in total. The molecule has 5 nitrogen and oxygen atoms in total. The summed E-state index contributed by atoms with van der Waals surface area (Å²) >= 11 is 4.53. The highest BCUT2D eigenvalue weighted by atomic mass is 32.2. The second-order valence-electron chi connectivity index (χ2n) is 1.70. The Labute approximate surface area is 70.5 Å². The van der Waals surface area contributed by atoms with Crippen LogP contribution in [0.5, 0.6) is 0 Å². The zero-order valence-electron chi connectivity index (χ0n) is 5.90. The summed E-state index contributed by atoms with van der Waals surface area (Å²) in [4.78, 5) is 0. The first kappa shape index (κ1) is 10.6. The highest BCUT2D eigenvalue weighted by Gasteiger charge is 2.03. The lowest BCUT2D eigenvalue weighted by molar-refractivity contribution is 0.394. The van der Waals surface area contributed by atoms with Crippen molar-refractivity contribution in [1.82, 2.24) is 5.32 Å². The van der Waals surface area contributed by atoms with Gasteiger partial charge in [-0.05, 0) is 12.2 Å². The van der Waals surface area contributed by atoms with Gasteiger partial charge in [-0.3, -0.25) is 4.55 Å². The van der Waals surface area contributed by atoms with Gasteiger partial charge in [0.1, 0.15) is 0 Å². The van der Waals surface area contributed by atoms with Crippen LogP contribution in [-0.4, -0.2) is 37.6 Å². The molecule has 0 saturated carbocycles. The van der Waals surface area contributed by atoms with Gasteiger partial charge in [0, 0.05) is 6.54 Å². The molecule has 0 aromatic carbocycles. The van der Waals surface area contributed by atoms with Crippen LogP contribution in [0.1, 0.15) is 0 Å². The Bertz CT molecular complexity index is 222. The molecule has 0 aromatic heterocycles. The normalized spacial score (nSPS) is 10.7. The van der Waals surface area contributed by atoms with Crippen LogP contribution in [0, 0.1) is 0 Å². The molecule has 0 atom stereocenters. The minimum atomic E-state index is -3.91. The fourth-order valence-corrected chi connectivity index (χ4v) is 0.816. The lowest BCUT2D eigenvalue weighted by Gasteiger charge is -2.03. The second kappa shape index (κ2) is 4.47. The van der Waals surface area contributed by atoms with E-state index >= 15 is 0 Å². The standard InChI is InChI=1S/C4H9NO4S2/c1-9-4(10)5-2-3-11(6,7)8/h2-3H2,1H3,(H,5,10)(H,6,7,8). The van der Waals surface area contributed by atoms with Gasteiger partial charge in [-0.1, -0.05) is 0 Å². The second-order valence-corrected chi connectivity index (χ2v) is 3.65. The number of methoxy groups -OCH3 is 1. The van der Waals surface area contributed by atoms with Gasteiger partial charge in [0.25, 0.3) is 15.3 Å². The van der Waals surface area contributed by atoms with E-state index < -0.39 is 10.1 Å². The van der Waals surface area contributed by atoms with E-state index in [1.165, 1.54) is 7.11 Å². The van der Waals surface area contributed by atoms with Gasteiger partial charge in [0.15, 0.2) is 0 Å². The van der Waals surface area contributed by atoms with Crippen LogP contribution in [0.2, 0.25) is 0 Å². The monoisotopic (exact) mass is 199 g/mol. The van der Waals surface area contributed by atoms with E-state index in [1.807, 2.05) is 0 Å². The van der Waals surface area contributed by atoms with Gasteiger partial charge in [-0.25, -0.2) is 0 Å². The Balaban J connectivity index is 3.51. The van der Waals surface area contributed by atoms with Gasteiger partial charge in [-0.2, -0.15) is 8.42 Å². The molecular formula is C4H9NO4S2. The molecule has 0 aromatic rings. The zero-order valence-corrected chi connectivity index (χ0v) is 7.54. The molecule has 0 fully saturated rings. The van der Waals surface area contributed by atoms with Crippen molar-refractivity contribution in [3.05, 3.63) is 0 Å². The van der Waals surface area contributed by atoms with E-state index in [9.17, 15) is 8.42 Å². The van der Waals surface area contributed by atoms with Crippen molar-refractivity contribution in [2.75, 3.05) is 19.4 Å².